The van der Waals surface area contributed by atoms with Crippen molar-refractivity contribution in [3.05, 3.63) is 29.3 Å². The zero-order valence-electron chi connectivity index (χ0n) is 7.92. The Kier molecular flexibility index (Phi) is 2.00. The molecule has 0 fully saturated rings. The van der Waals surface area contributed by atoms with Crippen molar-refractivity contribution < 1.29 is 0 Å². The molecule has 2 aromatic rings. The Morgan fingerprint density at radius 2 is 2.08 bits per heavy atom. The largest absolute Gasteiger partial charge is 0.391 e. The number of nitrogens with two attached hydrogens (primary N) is 1. The van der Waals surface area contributed by atoms with Gasteiger partial charge in [0.25, 0.3) is 0 Å². The molecule has 2 N–H and O–H groups in total. The van der Waals surface area contributed by atoms with Gasteiger partial charge in [0.1, 0.15) is 0 Å². The van der Waals surface area contributed by atoms with Crippen LogP contribution in [-0.4, -0.2) is 0 Å². The second-order valence-electron chi connectivity index (χ2n) is 3.33. The number of benzene rings is 1. The summed E-state index contributed by atoms with van der Waals surface area (Å²) >= 11 is 1.67. The number of fused-ring (bicyclic) bond motifs is 1. The van der Waals surface area contributed by atoms with E-state index in [1.54, 1.807) is 11.3 Å². The zero-order chi connectivity index (χ0) is 9.42. The third-order valence-electron chi connectivity index (χ3n) is 2.33. The first-order chi connectivity index (χ1) is 6.20. The van der Waals surface area contributed by atoms with Gasteiger partial charge in [0.05, 0.1) is 5.00 Å². The molecular weight excluding hydrogens is 178 g/mol. The second-order valence-corrected chi connectivity index (χ2v) is 4.44. The Hall–Kier alpha value is -1.02. The molecule has 0 bridgehead atoms. The fourth-order valence-corrected chi connectivity index (χ4v) is 2.58. The smallest absolute Gasteiger partial charge is 0.0868 e. The van der Waals surface area contributed by atoms with Gasteiger partial charge in [0, 0.05) is 4.70 Å². The average Bonchev–Trinajstić information content (AvgIpc) is 2.46. The monoisotopic (exact) mass is 191 g/mol. The van der Waals surface area contributed by atoms with Crippen LogP contribution in [0.5, 0.6) is 0 Å². The van der Waals surface area contributed by atoms with E-state index >= 15 is 0 Å². The summed E-state index contributed by atoms with van der Waals surface area (Å²) in [6.45, 7) is 4.32. The summed E-state index contributed by atoms with van der Waals surface area (Å²) < 4.78 is 1.31. The molecule has 0 aliphatic heterocycles. The van der Waals surface area contributed by atoms with E-state index in [1.807, 2.05) is 0 Å². The predicted molar refractivity (Wildman–Crippen MR) is 60.4 cm³/mol. The highest BCUT2D eigenvalue weighted by atomic mass is 32.1. The summed E-state index contributed by atoms with van der Waals surface area (Å²) in [7, 11) is 0. The first kappa shape index (κ1) is 8.57. The molecule has 1 heterocycles. The summed E-state index contributed by atoms with van der Waals surface area (Å²) in [4.78, 5) is 0. The first-order valence-corrected chi connectivity index (χ1v) is 5.31. The minimum absolute atomic E-state index is 0.909. The molecular formula is C11H13NS. The molecule has 68 valence electrons. The maximum absolute atomic E-state index is 5.77. The van der Waals surface area contributed by atoms with Crippen molar-refractivity contribution in [2.45, 2.75) is 20.3 Å². The molecule has 2 rings (SSSR count). The minimum Gasteiger partial charge on any atom is -0.391 e. The van der Waals surface area contributed by atoms with Crippen LogP contribution in [0.1, 0.15) is 18.1 Å². The maximum Gasteiger partial charge on any atom is 0.0868 e. The van der Waals surface area contributed by atoms with Crippen molar-refractivity contribution >= 4 is 26.4 Å². The minimum atomic E-state index is 0.909. The van der Waals surface area contributed by atoms with Gasteiger partial charge in [-0.15, -0.1) is 11.3 Å². The van der Waals surface area contributed by atoms with E-state index in [9.17, 15) is 0 Å². The normalized spacial score (nSPS) is 10.9. The summed E-state index contributed by atoms with van der Waals surface area (Å²) in [5.74, 6) is 0. The van der Waals surface area contributed by atoms with Crippen molar-refractivity contribution in [3.63, 3.8) is 0 Å². The maximum atomic E-state index is 5.77. The molecule has 1 aromatic heterocycles. The molecule has 0 aliphatic rings. The predicted octanol–water partition coefficient (Wildman–Crippen LogP) is 3.35. The van der Waals surface area contributed by atoms with Crippen LogP contribution in [0.2, 0.25) is 0 Å². The summed E-state index contributed by atoms with van der Waals surface area (Å²) in [6.07, 6.45) is 1.09. The lowest BCUT2D eigenvalue weighted by Crippen LogP contribution is -1.81. The third-order valence-corrected chi connectivity index (χ3v) is 3.24. The highest BCUT2D eigenvalue weighted by Gasteiger charge is 2.03. The topological polar surface area (TPSA) is 26.0 Å². The van der Waals surface area contributed by atoms with Gasteiger partial charge in [0.2, 0.25) is 0 Å². The first-order valence-electron chi connectivity index (χ1n) is 4.49. The van der Waals surface area contributed by atoms with Gasteiger partial charge in [-0.2, -0.15) is 0 Å². The molecule has 0 aliphatic carbocycles. The lowest BCUT2D eigenvalue weighted by Gasteiger charge is -2.00. The summed E-state index contributed by atoms with van der Waals surface area (Å²) in [6, 6.07) is 6.55. The number of hydrogen-bond acceptors (Lipinski definition) is 2. The van der Waals surface area contributed by atoms with E-state index in [0.717, 1.165) is 11.4 Å². The van der Waals surface area contributed by atoms with E-state index < -0.39 is 0 Å². The molecule has 0 saturated carbocycles. The molecule has 1 nitrogen and oxygen atoms in total. The molecule has 1 aromatic carbocycles. The number of anilines is 1. The molecule has 2 heteroatoms. The lowest BCUT2D eigenvalue weighted by atomic mass is 10.1. The van der Waals surface area contributed by atoms with Gasteiger partial charge in [-0.25, -0.2) is 0 Å². The second kappa shape index (κ2) is 3.04. The molecule has 0 radical (unpaired) electrons. The molecule has 13 heavy (non-hydrogen) atoms. The van der Waals surface area contributed by atoms with Crippen LogP contribution >= 0.6 is 11.3 Å². The molecule has 0 saturated heterocycles. The van der Waals surface area contributed by atoms with Gasteiger partial charge >= 0.3 is 0 Å². The van der Waals surface area contributed by atoms with E-state index in [-0.39, 0.29) is 0 Å². The Morgan fingerprint density at radius 1 is 1.31 bits per heavy atom. The fraction of sp³-hybridized carbons (Fsp3) is 0.273. The third kappa shape index (κ3) is 1.42. The van der Waals surface area contributed by atoms with Crippen LogP contribution in [-0.2, 0) is 6.42 Å². The Balaban J connectivity index is 2.75. The van der Waals surface area contributed by atoms with Gasteiger partial charge < -0.3 is 5.73 Å². The zero-order valence-corrected chi connectivity index (χ0v) is 8.74. The molecule has 0 amide bonds. The summed E-state index contributed by atoms with van der Waals surface area (Å²) in [5.41, 5.74) is 8.50. The molecule has 0 spiro atoms. The molecule has 0 atom stereocenters. The molecule has 0 unspecified atom stereocenters. The van der Waals surface area contributed by atoms with E-state index in [4.69, 9.17) is 5.73 Å². The quantitative estimate of drug-likeness (QED) is 0.735. The number of rotatable bonds is 1. The SMILES string of the molecule is CCc1cc(C)c2cc(N)sc2c1. The summed E-state index contributed by atoms with van der Waals surface area (Å²) in [5, 5.41) is 2.21. The van der Waals surface area contributed by atoms with Gasteiger partial charge in [-0.1, -0.05) is 13.0 Å². The van der Waals surface area contributed by atoms with E-state index in [2.05, 4.69) is 32.0 Å². The Bertz CT molecular complexity index is 443. The Labute approximate surface area is 82.2 Å². The van der Waals surface area contributed by atoms with Crippen LogP contribution in [0.15, 0.2) is 18.2 Å². The van der Waals surface area contributed by atoms with E-state index in [0.29, 0.717) is 0 Å². The Morgan fingerprint density at radius 3 is 2.77 bits per heavy atom. The number of hydrogen-bond donors (Lipinski definition) is 1. The van der Waals surface area contributed by atoms with Crippen molar-refractivity contribution in [3.8, 4) is 0 Å². The lowest BCUT2D eigenvalue weighted by molar-refractivity contribution is 1.14. The van der Waals surface area contributed by atoms with Gasteiger partial charge in [-0.3, -0.25) is 0 Å². The van der Waals surface area contributed by atoms with Crippen LogP contribution in [0.4, 0.5) is 5.00 Å². The van der Waals surface area contributed by atoms with Gasteiger partial charge in [0.15, 0.2) is 0 Å². The number of nitrogen functional groups attached to an aromatic ring is 1. The van der Waals surface area contributed by atoms with Crippen LogP contribution < -0.4 is 5.73 Å². The van der Waals surface area contributed by atoms with Crippen LogP contribution in [0, 0.1) is 6.92 Å². The highest BCUT2D eigenvalue weighted by molar-refractivity contribution is 7.22. The number of aryl methyl sites for hydroxylation is 2. The van der Waals surface area contributed by atoms with Crippen molar-refractivity contribution in [1.82, 2.24) is 0 Å². The highest BCUT2D eigenvalue weighted by Crippen LogP contribution is 2.30. The average molecular weight is 191 g/mol. The van der Waals surface area contributed by atoms with Crippen molar-refractivity contribution in [2.75, 3.05) is 5.73 Å². The van der Waals surface area contributed by atoms with Crippen molar-refractivity contribution in [1.29, 1.82) is 0 Å². The standard InChI is InChI=1S/C11H13NS/c1-3-8-4-7(2)9-6-11(12)13-10(9)5-8/h4-6H,3,12H2,1-2H3. The fourth-order valence-electron chi connectivity index (χ4n) is 1.61. The van der Waals surface area contributed by atoms with E-state index in [1.165, 1.54) is 21.2 Å². The van der Waals surface area contributed by atoms with Crippen molar-refractivity contribution in [2.24, 2.45) is 0 Å². The van der Waals surface area contributed by atoms with Crippen LogP contribution in [0.3, 0.4) is 0 Å². The van der Waals surface area contributed by atoms with Gasteiger partial charge in [-0.05, 0) is 42.0 Å². The van der Waals surface area contributed by atoms with Crippen LogP contribution in [0.25, 0.3) is 10.1 Å². The number of thiophene rings is 1.